The van der Waals surface area contributed by atoms with Gasteiger partial charge < -0.3 is 5.32 Å². The summed E-state index contributed by atoms with van der Waals surface area (Å²) in [5, 5.41) is 6.05. The number of halogens is 5. The molecule has 1 amide bonds. The van der Waals surface area contributed by atoms with Crippen molar-refractivity contribution in [1.29, 1.82) is 0 Å². The van der Waals surface area contributed by atoms with Crippen LogP contribution >= 0.6 is 0 Å². The fourth-order valence-corrected chi connectivity index (χ4v) is 2.70. The topological polar surface area (TPSA) is 46.9 Å². The third kappa shape index (κ3) is 3.73. The molecule has 0 saturated heterocycles. The molecule has 1 heterocycles. The average Bonchev–Trinajstić information content (AvgIpc) is 2.99. The number of aryl methyl sites for hydroxylation is 2. The maximum absolute atomic E-state index is 13.7. The van der Waals surface area contributed by atoms with Crippen molar-refractivity contribution in [2.45, 2.75) is 13.1 Å². The lowest BCUT2D eigenvalue weighted by Crippen LogP contribution is -2.15. The van der Waals surface area contributed by atoms with Gasteiger partial charge in [-0.1, -0.05) is 12.1 Å². The highest BCUT2D eigenvalue weighted by Crippen LogP contribution is 2.34. The molecule has 3 rings (SSSR count). The van der Waals surface area contributed by atoms with Crippen molar-refractivity contribution in [1.82, 2.24) is 9.78 Å². The van der Waals surface area contributed by atoms with Gasteiger partial charge in [-0.15, -0.1) is 0 Å². The number of hydrogen-bond acceptors (Lipinski definition) is 2. The number of para-hydroxylation sites is 1. The average molecular weight is 395 g/mol. The molecule has 3 aromatic rings. The maximum atomic E-state index is 13.7. The van der Waals surface area contributed by atoms with E-state index in [9.17, 15) is 26.7 Å². The van der Waals surface area contributed by atoms with Crippen LogP contribution in [0.1, 0.15) is 21.6 Å². The van der Waals surface area contributed by atoms with Crippen molar-refractivity contribution in [2.24, 2.45) is 7.05 Å². The summed E-state index contributed by atoms with van der Waals surface area (Å²) in [6.45, 7) is 1.62. The zero-order valence-electron chi connectivity index (χ0n) is 14.7. The van der Waals surface area contributed by atoms with Crippen LogP contribution in [0, 0.1) is 18.6 Å². The third-order valence-electron chi connectivity index (χ3n) is 4.15. The first-order chi connectivity index (χ1) is 13.1. The molecule has 0 unspecified atom stereocenters. The monoisotopic (exact) mass is 395 g/mol. The molecule has 28 heavy (non-hydrogen) atoms. The Hall–Kier alpha value is -3.23. The van der Waals surface area contributed by atoms with E-state index < -0.39 is 35.0 Å². The van der Waals surface area contributed by atoms with E-state index in [4.69, 9.17) is 0 Å². The van der Waals surface area contributed by atoms with Gasteiger partial charge in [0.05, 0.1) is 11.3 Å². The molecule has 0 spiro atoms. The molecule has 0 bridgehead atoms. The molecule has 0 saturated carbocycles. The van der Waals surface area contributed by atoms with Crippen molar-refractivity contribution in [2.75, 3.05) is 5.32 Å². The number of nitrogens with one attached hydrogen (secondary N) is 1. The van der Waals surface area contributed by atoms with Gasteiger partial charge in [-0.05, 0) is 42.8 Å². The summed E-state index contributed by atoms with van der Waals surface area (Å²) in [6, 6.07) is 7.61. The molecule has 1 aromatic heterocycles. The van der Waals surface area contributed by atoms with Gasteiger partial charge >= 0.3 is 6.18 Å². The highest BCUT2D eigenvalue weighted by Gasteiger charge is 2.31. The first-order valence-electron chi connectivity index (χ1n) is 8.05. The van der Waals surface area contributed by atoms with E-state index in [1.54, 1.807) is 6.92 Å². The van der Waals surface area contributed by atoms with Gasteiger partial charge in [-0.3, -0.25) is 9.48 Å². The molecule has 9 heteroatoms. The van der Waals surface area contributed by atoms with Crippen LogP contribution in [0.15, 0.2) is 42.5 Å². The van der Waals surface area contributed by atoms with E-state index in [-0.39, 0.29) is 17.0 Å². The van der Waals surface area contributed by atoms with E-state index in [0.29, 0.717) is 5.56 Å². The fourth-order valence-electron chi connectivity index (χ4n) is 2.70. The maximum Gasteiger partial charge on any atom is 0.416 e. The van der Waals surface area contributed by atoms with Crippen LogP contribution in [-0.2, 0) is 13.2 Å². The van der Waals surface area contributed by atoms with E-state index in [1.807, 2.05) is 0 Å². The van der Waals surface area contributed by atoms with Crippen molar-refractivity contribution in [3.05, 3.63) is 70.9 Å². The van der Waals surface area contributed by atoms with Gasteiger partial charge in [-0.25, -0.2) is 8.78 Å². The minimum atomic E-state index is -4.52. The van der Waals surface area contributed by atoms with Gasteiger partial charge in [0.15, 0.2) is 5.69 Å². The van der Waals surface area contributed by atoms with E-state index >= 15 is 0 Å². The SMILES string of the molecule is Cc1ccc(C(F)(F)F)cc1-c1cc(C(=O)Nc2c(F)cccc2F)nn1C. The Morgan fingerprint density at radius 1 is 1.07 bits per heavy atom. The molecule has 0 aliphatic carbocycles. The molecule has 0 radical (unpaired) electrons. The third-order valence-corrected chi connectivity index (χ3v) is 4.15. The lowest BCUT2D eigenvalue weighted by atomic mass is 10.0. The predicted octanol–water partition coefficient (Wildman–Crippen LogP) is 4.94. The molecule has 0 aliphatic rings. The largest absolute Gasteiger partial charge is 0.416 e. The molecule has 1 N–H and O–H groups in total. The van der Waals surface area contributed by atoms with Crippen LogP contribution in [0.2, 0.25) is 0 Å². The normalized spacial score (nSPS) is 11.5. The number of carbonyl (C=O) groups is 1. The van der Waals surface area contributed by atoms with Gasteiger partial charge in [0.1, 0.15) is 17.3 Å². The van der Waals surface area contributed by atoms with Gasteiger partial charge in [-0.2, -0.15) is 18.3 Å². The smallest absolute Gasteiger partial charge is 0.316 e. The highest BCUT2D eigenvalue weighted by atomic mass is 19.4. The highest BCUT2D eigenvalue weighted by molar-refractivity contribution is 6.03. The number of rotatable bonds is 3. The first kappa shape index (κ1) is 19.5. The quantitative estimate of drug-likeness (QED) is 0.639. The van der Waals surface area contributed by atoms with Crippen LogP contribution < -0.4 is 5.32 Å². The van der Waals surface area contributed by atoms with Crippen LogP contribution in [0.3, 0.4) is 0 Å². The lowest BCUT2D eigenvalue weighted by molar-refractivity contribution is -0.137. The van der Waals surface area contributed by atoms with Crippen LogP contribution in [0.25, 0.3) is 11.3 Å². The van der Waals surface area contributed by atoms with Gasteiger partial charge in [0.25, 0.3) is 5.91 Å². The second kappa shape index (κ2) is 7.06. The lowest BCUT2D eigenvalue weighted by Gasteiger charge is -2.11. The first-order valence-corrected chi connectivity index (χ1v) is 8.05. The van der Waals surface area contributed by atoms with Crippen LogP contribution in [-0.4, -0.2) is 15.7 Å². The summed E-state index contributed by atoms with van der Waals surface area (Å²) in [6.07, 6.45) is -4.52. The molecule has 146 valence electrons. The van der Waals surface area contributed by atoms with Crippen LogP contribution in [0.5, 0.6) is 0 Å². The number of alkyl halides is 3. The number of carbonyl (C=O) groups excluding carboxylic acids is 1. The Kier molecular flexibility index (Phi) is 4.93. The molecular weight excluding hydrogens is 381 g/mol. The van der Waals surface area contributed by atoms with Crippen molar-refractivity contribution < 1.29 is 26.7 Å². The Labute approximate surface area is 156 Å². The second-order valence-electron chi connectivity index (χ2n) is 6.12. The van der Waals surface area contributed by atoms with Crippen molar-refractivity contribution in [3.63, 3.8) is 0 Å². The minimum absolute atomic E-state index is 0.197. The summed E-state index contributed by atoms with van der Waals surface area (Å²) in [5.74, 6) is -2.81. The van der Waals surface area contributed by atoms with E-state index in [0.717, 1.165) is 30.3 Å². The zero-order valence-corrected chi connectivity index (χ0v) is 14.7. The number of benzene rings is 2. The zero-order chi connectivity index (χ0) is 20.6. The van der Waals surface area contributed by atoms with E-state index in [2.05, 4.69) is 10.4 Å². The van der Waals surface area contributed by atoms with Crippen LogP contribution in [0.4, 0.5) is 27.6 Å². The molecule has 4 nitrogen and oxygen atoms in total. The Bertz CT molecular complexity index is 1040. The van der Waals surface area contributed by atoms with Crippen molar-refractivity contribution >= 4 is 11.6 Å². The second-order valence-corrected chi connectivity index (χ2v) is 6.12. The number of anilines is 1. The Balaban J connectivity index is 1.97. The van der Waals surface area contributed by atoms with Crippen molar-refractivity contribution in [3.8, 4) is 11.3 Å². The summed E-state index contributed by atoms with van der Waals surface area (Å²) in [5.41, 5.74) is -0.632. The molecular formula is C19H14F5N3O. The number of hydrogen-bond donors (Lipinski definition) is 1. The molecule has 0 aliphatic heterocycles. The Morgan fingerprint density at radius 2 is 1.71 bits per heavy atom. The van der Waals surface area contributed by atoms with Gasteiger partial charge in [0.2, 0.25) is 0 Å². The summed E-state index contributed by atoms with van der Waals surface area (Å²) >= 11 is 0. The number of amides is 1. The summed E-state index contributed by atoms with van der Waals surface area (Å²) < 4.78 is 67.7. The minimum Gasteiger partial charge on any atom is -0.316 e. The molecule has 0 fully saturated rings. The van der Waals surface area contributed by atoms with Gasteiger partial charge in [0, 0.05) is 12.6 Å². The standard InChI is InChI=1S/C19H14F5N3O/c1-10-6-7-11(19(22,23)24)8-12(10)16-9-15(26-27(16)2)18(28)25-17-13(20)4-3-5-14(17)21/h3-9H,1-2H3,(H,25,28). The summed E-state index contributed by atoms with van der Waals surface area (Å²) in [4.78, 5) is 12.3. The molecule has 2 aromatic carbocycles. The Morgan fingerprint density at radius 3 is 2.32 bits per heavy atom. The number of nitrogens with zero attached hydrogens (tertiary/aromatic N) is 2. The number of aromatic nitrogens is 2. The molecule has 0 atom stereocenters. The predicted molar refractivity (Wildman–Crippen MR) is 92.7 cm³/mol. The van der Waals surface area contributed by atoms with E-state index in [1.165, 1.54) is 23.9 Å². The fraction of sp³-hybridized carbons (Fsp3) is 0.158. The summed E-state index contributed by atoms with van der Waals surface area (Å²) in [7, 11) is 1.45.